The number of nitrogens with zero attached hydrogens (tertiary/aromatic N) is 2. The van der Waals surface area contributed by atoms with Gasteiger partial charge in [-0.05, 0) is 31.8 Å². The Hall–Kier alpha value is -2.40. The molecule has 0 aliphatic heterocycles. The van der Waals surface area contributed by atoms with E-state index in [9.17, 15) is 4.79 Å². The van der Waals surface area contributed by atoms with Crippen molar-refractivity contribution in [3.63, 3.8) is 0 Å². The maximum absolute atomic E-state index is 11.9. The fourth-order valence-electron chi connectivity index (χ4n) is 2.20. The predicted molar refractivity (Wildman–Crippen MR) is 87.3 cm³/mol. The lowest BCUT2D eigenvalue weighted by atomic mass is 10.1. The van der Waals surface area contributed by atoms with Crippen molar-refractivity contribution in [3.05, 3.63) is 66.0 Å². The number of rotatable bonds is 6. The summed E-state index contributed by atoms with van der Waals surface area (Å²) in [5.74, 6) is 0. The molecule has 1 atom stereocenters. The second-order valence-corrected chi connectivity index (χ2v) is 5.27. The molecule has 2 amide bonds. The largest absolute Gasteiger partial charge is 0.336 e. The summed E-state index contributed by atoms with van der Waals surface area (Å²) >= 11 is 0. The Kier molecular flexibility index (Phi) is 5.91. The molecule has 22 heavy (non-hydrogen) atoms. The lowest BCUT2D eigenvalue weighted by Crippen LogP contribution is -2.40. The molecule has 1 unspecified atom stereocenters. The van der Waals surface area contributed by atoms with Crippen molar-refractivity contribution >= 4 is 6.03 Å². The van der Waals surface area contributed by atoms with Gasteiger partial charge in [-0.2, -0.15) is 0 Å². The average molecular weight is 298 g/mol. The normalized spacial score (nSPS) is 12.0. The van der Waals surface area contributed by atoms with Gasteiger partial charge in [0.05, 0.1) is 18.3 Å². The zero-order valence-electron chi connectivity index (χ0n) is 13.0. The SMILES string of the molecule is CN(C)C(CNC(=O)NCc1ccccn1)c1ccccc1. The summed E-state index contributed by atoms with van der Waals surface area (Å²) in [4.78, 5) is 18.2. The number of amides is 2. The Balaban J connectivity index is 1.83. The molecule has 1 aromatic heterocycles. The van der Waals surface area contributed by atoms with E-state index in [4.69, 9.17) is 0 Å². The third-order valence-corrected chi connectivity index (χ3v) is 3.42. The van der Waals surface area contributed by atoms with Gasteiger partial charge in [-0.3, -0.25) is 4.98 Å². The second kappa shape index (κ2) is 8.14. The van der Waals surface area contributed by atoms with Crippen LogP contribution in [-0.2, 0) is 6.54 Å². The van der Waals surface area contributed by atoms with Crippen LogP contribution >= 0.6 is 0 Å². The maximum atomic E-state index is 11.9. The molecule has 0 radical (unpaired) electrons. The van der Waals surface area contributed by atoms with Gasteiger partial charge in [0.15, 0.2) is 0 Å². The molecule has 0 bridgehead atoms. The highest BCUT2D eigenvalue weighted by Gasteiger charge is 2.14. The summed E-state index contributed by atoms with van der Waals surface area (Å²) < 4.78 is 0. The molecule has 0 aliphatic rings. The van der Waals surface area contributed by atoms with Crippen LogP contribution in [-0.4, -0.2) is 36.6 Å². The lowest BCUT2D eigenvalue weighted by Gasteiger charge is -2.25. The molecule has 1 heterocycles. The molecule has 5 heteroatoms. The Morgan fingerprint density at radius 3 is 2.45 bits per heavy atom. The van der Waals surface area contributed by atoms with Crippen molar-refractivity contribution in [1.82, 2.24) is 20.5 Å². The van der Waals surface area contributed by atoms with Crippen molar-refractivity contribution < 1.29 is 4.79 Å². The number of hydrogen-bond acceptors (Lipinski definition) is 3. The minimum atomic E-state index is -0.187. The molecule has 116 valence electrons. The van der Waals surface area contributed by atoms with Crippen LogP contribution in [0, 0.1) is 0 Å². The molecule has 2 rings (SSSR count). The quantitative estimate of drug-likeness (QED) is 0.859. The molecule has 0 spiro atoms. The Morgan fingerprint density at radius 2 is 1.82 bits per heavy atom. The standard InChI is InChI=1S/C17H22N4O/c1-21(2)16(14-8-4-3-5-9-14)13-20-17(22)19-12-15-10-6-7-11-18-15/h3-11,16H,12-13H2,1-2H3,(H2,19,20,22). The highest BCUT2D eigenvalue weighted by atomic mass is 16.2. The van der Waals surface area contributed by atoms with E-state index < -0.39 is 0 Å². The summed E-state index contributed by atoms with van der Waals surface area (Å²) in [6.45, 7) is 0.968. The van der Waals surface area contributed by atoms with E-state index in [1.165, 1.54) is 5.56 Å². The summed E-state index contributed by atoms with van der Waals surface area (Å²) in [7, 11) is 4.01. The zero-order chi connectivity index (χ0) is 15.8. The zero-order valence-corrected chi connectivity index (χ0v) is 13.0. The number of hydrogen-bond donors (Lipinski definition) is 2. The van der Waals surface area contributed by atoms with Crippen molar-refractivity contribution in [2.24, 2.45) is 0 Å². The van der Waals surface area contributed by atoms with Gasteiger partial charge < -0.3 is 15.5 Å². The van der Waals surface area contributed by atoms with Gasteiger partial charge in [0, 0.05) is 12.7 Å². The van der Waals surface area contributed by atoms with Gasteiger partial charge in [0.1, 0.15) is 0 Å². The van der Waals surface area contributed by atoms with E-state index in [2.05, 4.69) is 32.7 Å². The first kappa shape index (κ1) is 16.0. The summed E-state index contributed by atoms with van der Waals surface area (Å²) in [6.07, 6.45) is 1.71. The first-order valence-electron chi connectivity index (χ1n) is 7.30. The summed E-state index contributed by atoms with van der Waals surface area (Å²) in [6, 6.07) is 15.7. The minimum Gasteiger partial charge on any atom is -0.336 e. The first-order valence-corrected chi connectivity index (χ1v) is 7.30. The molecule has 0 fully saturated rings. The van der Waals surface area contributed by atoms with Crippen molar-refractivity contribution in [1.29, 1.82) is 0 Å². The van der Waals surface area contributed by atoms with Crippen LogP contribution in [0.5, 0.6) is 0 Å². The molecule has 2 N–H and O–H groups in total. The minimum absolute atomic E-state index is 0.141. The first-order chi connectivity index (χ1) is 10.7. The molecule has 5 nitrogen and oxygen atoms in total. The van der Waals surface area contributed by atoms with E-state index in [1.807, 2.05) is 50.5 Å². The molecule has 1 aromatic carbocycles. The van der Waals surface area contributed by atoms with Gasteiger partial charge in [-0.1, -0.05) is 36.4 Å². The van der Waals surface area contributed by atoms with Crippen molar-refractivity contribution in [3.8, 4) is 0 Å². The van der Waals surface area contributed by atoms with Crippen LogP contribution in [0.3, 0.4) is 0 Å². The number of urea groups is 1. The third kappa shape index (κ3) is 4.86. The number of likely N-dealkylation sites (N-methyl/N-ethyl adjacent to an activating group) is 1. The molecule has 0 saturated carbocycles. The van der Waals surface area contributed by atoms with Crippen LogP contribution < -0.4 is 10.6 Å². The highest BCUT2D eigenvalue weighted by Crippen LogP contribution is 2.16. The number of aromatic nitrogens is 1. The third-order valence-electron chi connectivity index (χ3n) is 3.42. The van der Waals surface area contributed by atoms with Gasteiger partial charge in [-0.25, -0.2) is 4.79 Å². The van der Waals surface area contributed by atoms with Gasteiger partial charge in [0.25, 0.3) is 0 Å². The van der Waals surface area contributed by atoms with Crippen LogP contribution in [0.25, 0.3) is 0 Å². The fraction of sp³-hybridized carbons (Fsp3) is 0.294. The molecular weight excluding hydrogens is 276 g/mol. The van der Waals surface area contributed by atoms with E-state index in [0.29, 0.717) is 13.1 Å². The van der Waals surface area contributed by atoms with Crippen LogP contribution in [0.15, 0.2) is 54.7 Å². The van der Waals surface area contributed by atoms with Crippen molar-refractivity contribution in [2.45, 2.75) is 12.6 Å². The van der Waals surface area contributed by atoms with Crippen LogP contribution in [0.2, 0.25) is 0 Å². The molecule has 2 aromatic rings. The van der Waals surface area contributed by atoms with E-state index in [1.54, 1.807) is 6.20 Å². The number of benzene rings is 1. The number of carbonyl (C=O) groups is 1. The summed E-state index contributed by atoms with van der Waals surface area (Å²) in [5.41, 5.74) is 2.02. The summed E-state index contributed by atoms with van der Waals surface area (Å²) in [5, 5.41) is 5.73. The Labute approximate surface area is 131 Å². The van der Waals surface area contributed by atoms with Crippen LogP contribution in [0.4, 0.5) is 4.79 Å². The topological polar surface area (TPSA) is 57.3 Å². The number of pyridine rings is 1. The Morgan fingerprint density at radius 1 is 1.09 bits per heavy atom. The van der Waals surface area contributed by atoms with Gasteiger partial charge in [-0.15, -0.1) is 0 Å². The van der Waals surface area contributed by atoms with Gasteiger partial charge >= 0.3 is 6.03 Å². The average Bonchev–Trinajstić information content (AvgIpc) is 2.55. The monoisotopic (exact) mass is 298 g/mol. The Bertz CT molecular complexity index is 572. The highest BCUT2D eigenvalue weighted by molar-refractivity contribution is 5.73. The fourth-order valence-corrected chi connectivity index (χ4v) is 2.20. The second-order valence-electron chi connectivity index (χ2n) is 5.27. The number of carbonyl (C=O) groups excluding carboxylic acids is 1. The molecular formula is C17H22N4O. The smallest absolute Gasteiger partial charge is 0.315 e. The predicted octanol–water partition coefficient (Wildman–Crippen LogP) is 2.18. The molecule has 0 saturated heterocycles. The van der Waals surface area contributed by atoms with Crippen molar-refractivity contribution in [2.75, 3.05) is 20.6 Å². The lowest BCUT2D eigenvalue weighted by molar-refractivity contribution is 0.232. The van der Waals surface area contributed by atoms with E-state index >= 15 is 0 Å². The van der Waals surface area contributed by atoms with E-state index in [0.717, 1.165) is 5.69 Å². The van der Waals surface area contributed by atoms with E-state index in [-0.39, 0.29) is 12.1 Å². The van der Waals surface area contributed by atoms with Crippen LogP contribution in [0.1, 0.15) is 17.3 Å². The maximum Gasteiger partial charge on any atom is 0.315 e. The number of nitrogens with one attached hydrogen (secondary N) is 2. The van der Waals surface area contributed by atoms with Gasteiger partial charge in [0.2, 0.25) is 0 Å². The molecule has 0 aliphatic carbocycles.